The van der Waals surface area contributed by atoms with Crippen molar-refractivity contribution in [1.29, 1.82) is 0 Å². The van der Waals surface area contributed by atoms with Gasteiger partial charge in [0, 0.05) is 23.7 Å². The number of nitrogens with zero attached hydrogens (tertiary/aromatic N) is 1. The van der Waals surface area contributed by atoms with Crippen LogP contribution in [-0.4, -0.2) is 10.8 Å². The highest BCUT2D eigenvalue weighted by atomic mass is 16.1. The molecule has 0 unspecified atom stereocenters. The van der Waals surface area contributed by atoms with E-state index in [1.165, 1.54) is 0 Å². The van der Waals surface area contributed by atoms with Gasteiger partial charge in [-0.05, 0) is 18.6 Å². The molecule has 0 saturated carbocycles. The maximum Gasteiger partial charge on any atom is 0.167 e. The van der Waals surface area contributed by atoms with Crippen molar-refractivity contribution in [3.63, 3.8) is 0 Å². The first kappa shape index (κ1) is 11.3. The fourth-order valence-corrected chi connectivity index (χ4v) is 1.75. The van der Waals surface area contributed by atoms with Crippen molar-refractivity contribution in [3.8, 4) is 0 Å². The van der Waals surface area contributed by atoms with Crippen LogP contribution in [-0.2, 0) is 6.42 Å². The van der Waals surface area contributed by atoms with E-state index in [0.29, 0.717) is 12.2 Å². The smallest absolute Gasteiger partial charge is 0.167 e. The molecule has 1 aromatic heterocycles. The highest BCUT2D eigenvalue weighted by Crippen LogP contribution is 2.14. The summed E-state index contributed by atoms with van der Waals surface area (Å²) in [6, 6.07) is 11.2. The largest absolute Gasteiger partial charge is 0.383 e. The number of aryl methyl sites for hydroxylation is 1. The summed E-state index contributed by atoms with van der Waals surface area (Å²) in [6.07, 6.45) is 1.92. The summed E-state index contributed by atoms with van der Waals surface area (Å²) < 4.78 is 0. The van der Waals surface area contributed by atoms with Crippen LogP contribution in [0.5, 0.6) is 0 Å². The van der Waals surface area contributed by atoms with E-state index >= 15 is 0 Å². The van der Waals surface area contributed by atoms with Gasteiger partial charge in [0.15, 0.2) is 5.78 Å². The van der Waals surface area contributed by atoms with Crippen molar-refractivity contribution in [1.82, 2.24) is 4.98 Å². The maximum atomic E-state index is 12.1. The minimum Gasteiger partial charge on any atom is -0.383 e. The lowest BCUT2D eigenvalue weighted by Gasteiger charge is -2.06. The highest BCUT2D eigenvalue weighted by molar-refractivity contribution is 5.99. The zero-order valence-corrected chi connectivity index (χ0v) is 9.68. The summed E-state index contributed by atoms with van der Waals surface area (Å²) in [4.78, 5) is 16.1. The third kappa shape index (κ3) is 2.50. The third-order valence-electron chi connectivity index (χ3n) is 2.72. The van der Waals surface area contributed by atoms with Gasteiger partial charge in [0.1, 0.15) is 5.82 Å². The zero-order chi connectivity index (χ0) is 12.3. The first-order valence-corrected chi connectivity index (χ1v) is 5.46. The van der Waals surface area contributed by atoms with Gasteiger partial charge in [-0.2, -0.15) is 0 Å². The number of rotatable bonds is 3. The summed E-state index contributed by atoms with van der Waals surface area (Å²) in [5.74, 6) is 0.497. The normalized spacial score (nSPS) is 10.2. The Morgan fingerprint density at radius 1 is 1.24 bits per heavy atom. The van der Waals surface area contributed by atoms with Crippen LogP contribution >= 0.6 is 0 Å². The van der Waals surface area contributed by atoms with Crippen molar-refractivity contribution in [3.05, 3.63) is 59.3 Å². The van der Waals surface area contributed by atoms with Gasteiger partial charge in [-0.25, -0.2) is 4.98 Å². The van der Waals surface area contributed by atoms with E-state index in [9.17, 15) is 4.79 Å². The Bertz CT molecular complexity index is 549. The van der Waals surface area contributed by atoms with Crippen LogP contribution in [0.4, 0.5) is 5.82 Å². The van der Waals surface area contributed by atoms with Gasteiger partial charge in [-0.3, -0.25) is 4.79 Å². The number of anilines is 1. The van der Waals surface area contributed by atoms with E-state index in [1.54, 1.807) is 12.3 Å². The van der Waals surface area contributed by atoms with E-state index in [4.69, 9.17) is 5.73 Å². The molecular formula is C14H14N2O. The van der Waals surface area contributed by atoms with E-state index in [2.05, 4.69) is 4.98 Å². The number of ketones is 1. The average molecular weight is 226 g/mol. The average Bonchev–Trinajstić information content (AvgIpc) is 2.32. The third-order valence-corrected chi connectivity index (χ3v) is 2.72. The second-order valence-electron chi connectivity index (χ2n) is 3.96. The van der Waals surface area contributed by atoms with Gasteiger partial charge < -0.3 is 5.73 Å². The number of nitrogen functional groups attached to an aromatic ring is 1. The second kappa shape index (κ2) is 4.78. The van der Waals surface area contributed by atoms with Crippen molar-refractivity contribution in [2.24, 2.45) is 0 Å². The topological polar surface area (TPSA) is 56.0 Å². The molecular weight excluding hydrogens is 212 g/mol. The Morgan fingerprint density at radius 2 is 2.00 bits per heavy atom. The summed E-state index contributed by atoms with van der Waals surface area (Å²) in [6.45, 7) is 1.93. The summed E-state index contributed by atoms with van der Waals surface area (Å²) in [7, 11) is 0. The molecule has 1 aromatic carbocycles. The number of carbonyl (C=O) groups excluding carboxylic acids is 1. The lowest BCUT2D eigenvalue weighted by Crippen LogP contribution is -2.08. The molecule has 0 aliphatic carbocycles. The molecule has 0 bridgehead atoms. The molecule has 0 amide bonds. The molecule has 0 radical (unpaired) electrons. The summed E-state index contributed by atoms with van der Waals surface area (Å²) in [5, 5.41) is 0. The minimum absolute atomic E-state index is 0.0720. The Kier molecular flexibility index (Phi) is 3.19. The number of Topliss-reactive ketones (excluding diaryl/α,β-unsaturated/α-hetero) is 1. The number of pyridine rings is 1. The summed E-state index contributed by atoms with van der Waals surface area (Å²) >= 11 is 0. The van der Waals surface area contributed by atoms with Crippen molar-refractivity contribution in [2.75, 3.05) is 5.73 Å². The SMILES string of the molecule is Cc1ccccc1C(=O)Cc1cccnc1N. The van der Waals surface area contributed by atoms with Gasteiger partial charge in [0.05, 0.1) is 0 Å². The molecule has 2 aromatic rings. The van der Waals surface area contributed by atoms with Crippen molar-refractivity contribution in [2.45, 2.75) is 13.3 Å². The molecule has 2 rings (SSSR count). The van der Waals surface area contributed by atoms with Crippen LogP contribution < -0.4 is 5.73 Å². The van der Waals surface area contributed by atoms with Gasteiger partial charge in [-0.1, -0.05) is 30.3 Å². The van der Waals surface area contributed by atoms with Crippen LogP contribution in [0.3, 0.4) is 0 Å². The summed E-state index contributed by atoms with van der Waals surface area (Å²) in [5.41, 5.74) is 8.23. The monoisotopic (exact) mass is 226 g/mol. The molecule has 0 aliphatic rings. The van der Waals surface area contributed by atoms with Gasteiger partial charge in [0.2, 0.25) is 0 Å². The number of nitrogens with two attached hydrogens (primary N) is 1. The molecule has 86 valence electrons. The highest BCUT2D eigenvalue weighted by Gasteiger charge is 2.11. The molecule has 0 atom stereocenters. The van der Waals surface area contributed by atoms with Crippen LogP contribution in [0.1, 0.15) is 21.5 Å². The first-order chi connectivity index (χ1) is 8.18. The molecule has 2 N–H and O–H groups in total. The predicted molar refractivity (Wildman–Crippen MR) is 67.9 cm³/mol. The zero-order valence-electron chi connectivity index (χ0n) is 9.68. The molecule has 3 heteroatoms. The fourth-order valence-electron chi connectivity index (χ4n) is 1.75. The maximum absolute atomic E-state index is 12.1. The van der Waals surface area contributed by atoms with Gasteiger partial charge >= 0.3 is 0 Å². The Balaban J connectivity index is 2.24. The van der Waals surface area contributed by atoms with Gasteiger partial charge in [0.25, 0.3) is 0 Å². The second-order valence-corrected chi connectivity index (χ2v) is 3.96. The number of hydrogen-bond acceptors (Lipinski definition) is 3. The standard InChI is InChI=1S/C14H14N2O/c1-10-5-2-3-7-12(10)13(17)9-11-6-4-8-16-14(11)15/h2-8H,9H2,1H3,(H2,15,16). The van der Waals surface area contributed by atoms with Crippen LogP contribution in [0.2, 0.25) is 0 Å². The number of benzene rings is 1. The number of carbonyl (C=O) groups is 1. The lowest BCUT2D eigenvalue weighted by atomic mass is 10.00. The molecule has 3 nitrogen and oxygen atoms in total. The number of hydrogen-bond donors (Lipinski definition) is 1. The van der Waals surface area contributed by atoms with E-state index < -0.39 is 0 Å². The quantitative estimate of drug-likeness (QED) is 0.817. The first-order valence-electron chi connectivity index (χ1n) is 5.46. The number of aromatic nitrogens is 1. The van der Waals surface area contributed by atoms with Gasteiger partial charge in [-0.15, -0.1) is 0 Å². The molecule has 0 aliphatic heterocycles. The minimum atomic E-state index is 0.0720. The van der Waals surface area contributed by atoms with Crippen LogP contribution in [0, 0.1) is 6.92 Å². The Labute approximate surface area is 100 Å². The van der Waals surface area contributed by atoms with Crippen molar-refractivity contribution < 1.29 is 4.79 Å². The lowest BCUT2D eigenvalue weighted by molar-refractivity contribution is 0.0992. The molecule has 0 fully saturated rings. The molecule has 1 heterocycles. The van der Waals surface area contributed by atoms with E-state index in [0.717, 1.165) is 16.7 Å². The molecule has 0 spiro atoms. The molecule has 17 heavy (non-hydrogen) atoms. The predicted octanol–water partition coefficient (Wildman–Crippen LogP) is 2.40. The van der Waals surface area contributed by atoms with E-state index in [1.807, 2.05) is 37.3 Å². The van der Waals surface area contributed by atoms with Crippen LogP contribution in [0.15, 0.2) is 42.6 Å². The fraction of sp³-hybridized carbons (Fsp3) is 0.143. The Hall–Kier alpha value is -2.16. The van der Waals surface area contributed by atoms with E-state index in [-0.39, 0.29) is 5.78 Å². The van der Waals surface area contributed by atoms with Crippen LogP contribution in [0.25, 0.3) is 0 Å². The van der Waals surface area contributed by atoms with Crippen molar-refractivity contribution >= 4 is 11.6 Å². The Morgan fingerprint density at radius 3 is 2.71 bits per heavy atom. The molecule has 0 saturated heterocycles.